The Morgan fingerprint density at radius 2 is 1.93 bits per heavy atom. The molecule has 6 rings (SSSR count). The van der Waals surface area contributed by atoms with Crippen LogP contribution in [0.4, 0.5) is 33.5 Å². The van der Waals surface area contributed by atoms with Crippen molar-refractivity contribution in [2.75, 3.05) is 29.2 Å². The predicted octanol–water partition coefficient (Wildman–Crippen LogP) is 4.75. The Kier molecular flexibility index (Phi) is 7.45. The van der Waals surface area contributed by atoms with E-state index in [1.165, 1.54) is 30.3 Å². The van der Waals surface area contributed by atoms with Crippen molar-refractivity contribution in [1.82, 2.24) is 24.8 Å². The van der Waals surface area contributed by atoms with Crippen LogP contribution in [0.25, 0.3) is 22.2 Å². The number of amides is 3. The van der Waals surface area contributed by atoms with E-state index in [1.807, 2.05) is 48.1 Å². The maximum Gasteiger partial charge on any atom is 0.328 e. The number of methoxy groups -OCH3 is 1. The highest BCUT2D eigenvalue weighted by Gasteiger charge is 2.25. The number of rotatable bonds is 9. The van der Waals surface area contributed by atoms with Gasteiger partial charge in [0, 0.05) is 61.0 Å². The number of benzene rings is 2. The van der Waals surface area contributed by atoms with Crippen LogP contribution in [-0.4, -0.2) is 50.0 Å². The molecule has 14 heteroatoms. The van der Waals surface area contributed by atoms with Crippen LogP contribution in [-0.2, 0) is 18.4 Å². The maximum absolute atomic E-state index is 12.1. The van der Waals surface area contributed by atoms with Gasteiger partial charge in [-0.25, -0.2) is 14.8 Å². The van der Waals surface area contributed by atoms with Gasteiger partial charge in [0.05, 0.1) is 47.5 Å². The first kappa shape index (κ1) is 28.1. The van der Waals surface area contributed by atoms with Gasteiger partial charge in [0.1, 0.15) is 11.4 Å². The Morgan fingerprint density at radius 1 is 1.09 bits per heavy atom. The number of nitro benzene ring substituents is 1. The molecule has 222 valence electrons. The van der Waals surface area contributed by atoms with Crippen LogP contribution in [0.3, 0.4) is 0 Å². The number of hydrogen-bond donors (Lipinski definition) is 3. The highest BCUT2D eigenvalue weighted by atomic mass is 16.6. The van der Waals surface area contributed by atoms with E-state index in [2.05, 4.69) is 30.9 Å². The molecule has 1 fully saturated rings. The second-order valence-electron chi connectivity index (χ2n) is 10.0. The van der Waals surface area contributed by atoms with Crippen molar-refractivity contribution in [3.05, 3.63) is 89.0 Å². The van der Waals surface area contributed by atoms with Gasteiger partial charge in [-0.3, -0.25) is 30.1 Å². The molecule has 0 unspecified atom stereocenters. The molecule has 4 heterocycles. The number of pyridine rings is 1. The molecule has 1 saturated heterocycles. The summed E-state index contributed by atoms with van der Waals surface area (Å²) in [7, 11) is 3.44. The molecule has 3 amide bonds. The Labute approximate surface area is 250 Å². The van der Waals surface area contributed by atoms with E-state index in [1.54, 1.807) is 18.3 Å². The van der Waals surface area contributed by atoms with Crippen molar-refractivity contribution in [1.29, 1.82) is 0 Å². The number of nitro groups is 1. The van der Waals surface area contributed by atoms with Gasteiger partial charge in [-0.05, 0) is 24.3 Å². The van der Waals surface area contributed by atoms with Crippen molar-refractivity contribution >= 4 is 51.5 Å². The fourth-order valence-corrected chi connectivity index (χ4v) is 5.04. The molecule has 2 aromatic carbocycles. The molecule has 14 nitrogen and oxygen atoms in total. The fraction of sp³-hybridized carbons (Fsp3) is 0.167. The molecule has 1 aliphatic heterocycles. The summed E-state index contributed by atoms with van der Waals surface area (Å²) in [4.78, 5) is 49.9. The smallest absolute Gasteiger partial charge is 0.328 e. The van der Waals surface area contributed by atoms with Crippen LogP contribution >= 0.6 is 0 Å². The van der Waals surface area contributed by atoms with Crippen LogP contribution in [0.5, 0.6) is 5.75 Å². The molecule has 1 aliphatic rings. The normalized spacial score (nSPS) is 13.1. The van der Waals surface area contributed by atoms with Gasteiger partial charge in [0.2, 0.25) is 11.9 Å². The van der Waals surface area contributed by atoms with Gasteiger partial charge in [-0.1, -0.05) is 18.2 Å². The fourth-order valence-electron chi connectivity index (χ4n) is 5.04. The van der Waals surface area contributed by atoms with Crippen molar-refractivity contribution < 1.29 is 19.2 Å². The monoisotopic (exact) mass is 593 g/mol. The molecule has 0 atom stereocenters. The summed E-state index contributed by atoms with van der Waals surface area (Å²) in [5.74, 6) is 0.270. The lowest BCUT2D eigenvalue weighted by atomic mass is 10.1. The maximum atomic E-state index is 12.1. The minimum atomic E-state index is -0.504. The molecule has 0 spiro atoms. The van der Waals surface area contributed by atoms with Crippen molar-refractivity contribution in [2.24, 2.45) is 7.05 Å². The Morgan fingerprint density at radius 3 is 2.68 bits per heavy atom. The summed E-state index contributed by atoms with van der Waals surface area (Å²) in [6.07, 6.45) is 5.34. The van der Waals surface area contributed by atoms with Crippen molar-refractivity contribution in [2.45, 2.75) is 13.0 Å². The number of hydrogen-bond acceptors (Lipinski definition) is 10. The zero-order valence-corrected chi connectivity index (χ0v) is 23.8. The van der Waals surface area contributed by atoms with Crippen molar-refractivity contribution in [3.8, 4) is 17.0 Å². The van der Waals surface area contributed by atoms with E-state index < -0.39 is 11.0 Å². The number of aromatic nitrogens is 4. The summed E-state index contributed by atoms with van der Waals surface area (Å²) >= 11 is 0. The standard InChI is InChI=1S/C30H27N9O5/c1-37-17-21(20-5-3-4-6-25(20)37)22-9-11-31-29(34-22)35-24-13-26(39(42)43)23(14-27(24)44-2)33-15-18-7-8-19(16-32-18)38-12-10-28(40)36-30(38)41/h3-9,11,13-14,16-17,33H,10,12,15H2,1-2H3,(H,31,34,35)(H,36,40,41). The van der Waals surface area contributed by atoms with Gasteiger partial charge in [-0.2, -0.15) is 0 Å². The number of imide groups is 1. The third kappa shape index (κ3) is 5.55. The lowest BCUT2D eigenvalue weighted by Gasteiger charge is -2.26. The van der Waals surface area contributed by atoms with Crippen LogP contribution in [0, 0.1) is 10.1 Å². The summed E-state index contributed by atoms with van der Waals surface area (Å²) in [6, 6.07) is 15.6. The van der Waals surface area contributed by atoms with Crippen LogP contribution < -0.4 is 25.6 Å². The first-order valence-corrected chi connectivity index (χ1v) is 13.6. The number of carbonyl (C=O) groups excluding carboxylic acids is 2. The highest BCUT2D eigenvalue weighted by Crippen LogP contribution is 2.38. The number of para-hydroxylation sites is 1. The Hall–Kier alpha value is -6.05. The number of anilines is 4. The molecule has 0 radical (unpaired) electrons. The minimum Gasteiger partial charge on any atom is -0.494 e. The van der Waals surface area contributed by atoms with Gasteiger partial charge in [0.15, 0.2) is 0 Å². The number of aryl methyl sites for hydroxylation is 1. The lowest BCUT2D eigenvalue weighted by Crippen LogP contribution is -2.49. The second kappa shape index (κ2) is 11.7. The zero-order valence-electron chi connectivity index (χ0n) is 23.8. The van der Waals surface area contributed by atoms with Gasteiger partial charge in [-0.15, -0.1) is 0 Å². The first-order chi connectivity index (χ1) is 21.3. The number of nitrogens with zero attached hydrogens (tertiary/aromatic N) is 6. The molecule has 0 saturated carbocycles. The van der Waals surface area contributed by atoms with Gasteiger partial charge < -0.3 is 19.9 Å². The molecule has 0 bridgehead atoms. The average Bonchev–Trinajstić information content (AvgIpc) is 3.37. The number of urea groups is 1. The summed E-state index contributed by atoms with van der Waals surface area (Å²) in [5, 5.41) is 21.5. The quantitative estimate of drug-likeness (QED) is 0.160. The number of carbonyl (C=O) groups is 2. The zero-order chi connectivity index (χ0) is 30.8. The van der Waals surface area contributed by atoms with Crippen molar-refractivity contribution in [3.63, 3.8) is 0 Å². The molecular formula is C30H27N9O5. The molecule has 0 aliphatic carbocycles. The van der Waals surface area contributed by atoms with Gasteiger partial charge in [0.25, 0.3) is 5.69 Å². The number of fused-ring (bicyclic) bond motifs is 1. The average molecular weight is 594 g/mol. The first-order valence-electron chi connectivity index (χ1n) is 13.6. The molecular weight excluding hydrogens is 566 g/mol. The van der Waals surface area contributed by atoms with E-state index in [0.717, 1.165) is 16.5 Å². The third-order valence-electron chi connectivity index (χ3n) is 7.22. The minimum absolute atomic E-state index is 0.165. The third-order valence-corrected chi connectivity index (χ3v) is 7.22. The number of ether oxygens (including phenoxy) is 1. The Bertz CT molecular complexity index is 1910. The molecule has 5 aromatic rings. The van der Waals surface area contributed by atoms with Crippen LogP contribution in [0.15, 0.2) is 73.2 Å². The largest absolute Gasteiger partial charge is 0.494 e. The molecule has 44 heavy (non-hydrogen) atoms. The summed E-state index contributed by atoms with van der Waals surface area (Å²) < 4.78 is 7.58. The van der Waals surface area contributed by atoms with Crippen LogP contribution in [0.2, 0.25) is 0 Å². The van der Waals surface area contributed by atoms with Gasteiger partial charge >= 0.3 is 6.03 Å². The summed E-state index contributed by atoms with van der Waals surface area (Å²) in [6.45, 7) is 0.423. The SMILES string of the molecule is COc1cc(NCc2ccc(N3CCC(=O)NC3=O)cn2)c([N+](=O)[O-])cc1Nc1nccc(-c2cn(C)c3ccccc23)n1. The Balaban J connectivity index is 1.21. The van der Waals surface area contributed by atoms with E-state index in [-0.39, 0.29) is 42.7 Å². The van der Waals surface area contributed by atoms with E-state index in [4.69, 9.17) is 4.74 Å². The second-order valence-corrected chi connectivity index (χ2v) is 10.0. The summed E-state index contributed by atoms with van der Waals surface area (Å²) in [5.41, 5.74) is 4.16. The molecule has 3 N–H and O–H groups in total. The van der Waals surface area contributed by atoms with Crippen LogP contribution in [0.1, 0.15) is 12.1 Å². The number of nitrogens with one attached hydrogen (secondary N) is 3. The topological polar surface area (TPSA) is 169 Å². The van der Waals surface area contributed by atoms with E-state index in [9.17, 15) is 19.7 Å². The van der Waals surface area contributed by atoms with E-state index >= 15 is 0 Å². The highest BCUT2D eigenvalue weighted by molar-refractivity contribution is 6.05. The van der Waals surface area contributed by atoms with E-state index in [0.29, 0.717) is 28.5 Å². The lowest BCUT2D eigenvalue weighted by molar-refractivity contribution is -0.383. The molecule has 3 aromatic heterocycles. The predicted molar refractivity (Wildman–Crippen MR) is 164 cm³/mol.